The molecular formula is C13H22N2O6. The van der Waals surface area contributed by atoms with Gasteiger partial charge in [-0.15, -0.1) is 0 Å². The van der Waals surface area contributed by atoms with Gasteiger partial charge in [0, 0.05) is 0 Å². The van der Waals surface area contributed by atoms with Crippen LogP contribution in [0, 0.1) is 0 Å². The number of amides is 2. The van der Waals surface area contributed by atoms with Gasteiger partial charge in [0.1, 0.15) is 33.3 Å². The van der Waals surface area contributed by atoms with Crippen molar-refractivity contribution in [2.75, 3.05) is 26.9 Å². The molecule has 2 amide bonds. The fraction of sp³-hybridized carbons (Fsp3) is 0.846. The minimum atomic E-state index is -0.707. The second kappa shape index (κ2) is 5.88. The van der Waals surface area contributed by atoms with Crippen LogP contribution < -0.4 is 0 Å². The Bertz CT molecular complexity index is 365. The van der Waals surface area contributed by atoms with Crippen LogP contribution in [0.25, 0.3) is 0 Å². The van der Waals surface area contributed by atoms with Gasteiger partial charge in [0.2, 0.25) is 11.8 Å². The molecule has 0 spiro atoms. The predicted molar refractivity (Wildman–Crippen MR) is 70.3 cm³/mol. The summed E-state index contributed by atoms with van der Waals surface area (Å²) < 4.78 is 21.4. The maximum atomic E-state index is 12.0. The predicted octanol–water partition coefficient (Wildman–Crippen LogP) is 0.429. The molecule has 0 N–H and O–H groups in total. The van der Waals surface area contributed by atoms with E-state index >= 15 is 0 Å². The van der Waals surface area contributed by atoms with E-state index in [1.54, 1.807) is 27.7 Å². The fourth-order valence-electron chi connectivity index (χ4n) is 1.73. The smallest absolute Gasteiger partial charge is 0.235 e. The third-order valence-corrected chi connectivity index (χ3v) is 3.28. The van der Waals surface area contributed by atoms with Gasteiger partial charge in [-0.25, -0.2) is 0 Å². The van der Waals surface area contributed by atoms with Gasteiger partial charge in [-0.05, 0) is 27.7 Å². The molecule has 2 saturated heterocycles. The molecule has 2 rings (SSSR count). The van der Waals surface area contributed by atoms with E-state index in [9.17, 15) is 9.59 Å². The van der Waals surface area contributed by atoms with Crippen molar-refractivity contribution in [3.8, 4) is 0 Å². The first kappa shape index (κ1) is 16.2. The average Bonchev–Trinajstić information content (AvgIpc) is 2.38. The minimum absolute atomic E-state index is 0.110. The third-order valence-electron chi connectivity index (χ3n) is 3.28. The Kier molecular flexibility index (Phi) is 4.52. The zero-order chi connectivity index (χ0) is 15.7. The first-order valence-electron chi connectivity index (χ1n) is 6.80. The Morgan fingerprint density at radius 1 is 0.762 bits per heavy atom. The topological polar surface area (TPSA) is 77.5 Å². The van der Waals surface area contributed by atoms with Gasteiger partial charge in [0.25, 0.3) is 0 Å². The van der Waals surface area contributed by atoms with Gasteiger partial charge >= 0.3 is 0 Å². The Morgan fingerprint density at radius 2 is 1.05 bits per heavy atom. The molecular weight excluding hydrogens is 280 g/mol. The number of nitrogens with zero attached hydrogens (tertiary/aromatic N) is 2. The summed E-state index contributed by atoms with van der Waals surface area (Å²) >= 11 is 0. The second-order valence-electron chi connectivity index (χ2n) is 5.94. The Labute approximate surface area is 123 Å². The molecule has 120 valence electrons. The molecule has 0 aromatic rings. The van der Waals surface area contributed by atoms with E-state index < -0.39 is 11.6 Å². The Morgan fingerprint density at radius 3 is 1.33 bits per heavy atom. The lowest BCUT2D eigenvalue weighted by Crippen LogP contribution is -2.51. The lowest BCUT2D eigenvalue weighted by Gasteiger charge is -2.38. The summed E-state index contributed by atoms with van der Waals surface area (Å²) in [5.41, 5.74) is 0. The average molecular weight is 302 g/mol. The largest absolute Gasteiger partial charge is 0.330 e. The molecule has 21 heavy (non-hydrogen) atoms. The van der Waals surface area contributed by atoms with Crippen LogP contribution in [0.15, 0.2) is 0 Å². The van der Waals surface area contributed by atoms with Crippen LogP contribution in [-0.4, -0.2) is 60.1 Å². The highest BCUT2D eigenvalue weighted by Crippen LogP contribution is 2.20. The van der Waals surface area contributed by atoms with Crippen molar-refractivity contribution in [1.82, 2.24) is 9.80 Å². The summed E-state index contributed by atoms with van der Waals surface area (Å²) in [6, 6.07) is 0. The molecule has 0 radical (unpaired) electrons. The van der Waals surface area contributed by atoms with Gasteiger partial charge in [-0.3, -0.25) is 19.4 Å². The summed E-state index contributed by atoms with van der Waals surface area (Å²) in [5, 5.41) is 0. The van der Waals surface area contributed by atoms with Crippen molar-refractivity contribution >= 4 is 11.8 Å². The zero-order valence-corrected chi connectivity index (χ0v) is 12.9. The Balaban J connectivity index is 1.79. The quantitative estimate of drug-likeness (QED) is 0.688. The normalized spacial score (nSPS) is 24.8. The summed E-state index contributed by atoms with van der Waals surface area (Å²) in [7, 11) is 0. The van der Waals surface area contributed by atoms with Gasteiger partial charge in [-0.2, -0.15) is 0 Å². The van der Waals surface area contributed by atoms with E-state index in [1.165, 1.54) is 9.80 Å². The van der Waals surface area contributed by atoms with E-state index in [-0.39, 0.29) is 45.2 Å². The van der Waals surface area contributed by atoms with E-state index in [0.717, 1.165) is 0 Å². The van der Waals surface area contributed by atoms with Gasteiger partial charge < -0.3 is 18.9 Å². The maximum absolute atomic E-state index is 12.0. The third kappa shape index (κ3) is 4.37. The number of hydrogen-bond acceptors (Lipinski definition) is 6. The molecule has 0 aromatic heterocycles. The van der Waals surface area contributed by atoms with Crippen LogP contribution in [0.3, 0.4) is 0 Å². The summed E-state index contributed by atoms with van der Waals surface area (Å²) in [6.07, 6.45) is -0.264. The molecule has 2 aliphatic heterocycles. The molecule has 0 bridgehead atoms. The van der Waals surface area contributed by atoms with Crippen LogP contribution in [0.4, 0.5) is 0 Å². The molecule has 2 fully saturated rings. The first-order valence-corrected chi connectivity index (χ1v) is 6.80. The monoisotopic (exact) mass is 302 g/mol. The van der Waals surface area contributed by atoms with Crippen LogP contribution in [0.1, 0.15) is 34.1 Å². The molecule has 0 atom stereocenters. The molecule has 8 heteroatoms. The first-order chi connectivity index (χ1) is 9.69. The zero-order valence-electron chi connectivity index (χ0n) is 12.9. The van der Waals surface area contributed by atoms with E-state index in [1.807, 2.05) is 0 Å². The van der Waals surface area contributed by atoms with E-state index in [2.05, 4.69) is 0 Å². The highest BCUT2D eigenvalue weighted by atomic mass is 16.7. The van der Waals surface area contributed by atoms with Crippen molar-refractivity contribution in [3.63, 3.8) is 0 Å². The molecule has 0 unspecified atom stereocenters. The highest BCUT2D eigenvalue weighted by molar-refractivity contribution is 5.96. The number of ether oxygens (including phenoxy) is 4. The summed E-state index contributed by atoms with van der Waals surface area (Å²) in [5.74, 6) is -2.11. The number of carbonyl (C=O) groups is 2. The van der Waals surface area contributed by atoms with Crippen LogP contribution in [0.2, 0.25) is 0 Å². The van der Waals surface area contributed by atoms with Crippen molar-refractivity contribution in [3.05, 3.63) is 0 Å². The fourth-order valence-corrected chi connectivity index (χ4v) is 1.73. The molecule has 2 aliphatic rings. The van der Waals surface area contributed by atoms with Gasteiger partial charge in [-0.1, -0.05) is 0 Å². The number of hydrogen-bond donors (Lipinski definition) is 0. The highest BCUT2D eigenvalue weighted by Gasteiger charge is 2.33. The standard InChI is InChI=1S/C13H22N2O6/c1-12(2)18-6-14(7-19-12)10(16)5-11(17)15-8-20-13(3,4)21-9-15/h5-9H2,1-4H3. The molecule has 2 heterocycles. The number of rotatable bonds is 2. The van der Waals surface area contributed by atoms with Crippen molar-refractivity contribution in [2.24, 2.45) is 0 Å². The number of carbonyl (C=O) groups excluding carboxylic acids is 2. The van der Waals surface area contributed by atoms with Gasteiger partial charge in [0.05, 0.1) is 0 Å². The van der Waals surface area contributed by atoms with Crippen molar-refractivity contribution < 1.29 is 28.5 Å². The van der Waals surface area contributed by atoms with Crippen LogP contribution >= 0.6 is 0 Å². The van der Waals surface area contributed by atoms with Crippen LogP contribution in [0.5, 0.6) is 0 Å². The van der Waals surface area contributed by atoms with E-state index in [4.69, 9.17) is 18.9 Å². The molecule has 0 aromatic carbocycles. The SMILES string of the molecule is CC1(C)OCN(C(=O)CC(=O)N2COC(C)(C)OC2)CO1. The molecule has 0 aliphatic carbocycles. The van der Waals surface area contributed by atoms with Crippen LogP contribution in [-0.2, 0) is 28.5 Å². The molecule has 8 nitrogen and oxygen atoms in total. The molecule has 0 saturated carbocycles. The lowest BCUT2D eigenvalue weighted by molar-refractivity contribution is -0.294. The summed E-state index contributed by atoms with van der Waals surface area (Å²) in [6.45, 7) is 7.51. The second-order valence-corrected chi connectivity index (χ2v) is 5.94. The van der Waals surface area contributed by atoms with Crippen molar-refractivity contribution in [2.45, 2.75) is 45.7 Å². The van der Waals surface area contributed by atoms with E-state index in [0.29, 0.717) is 0 Å². The maximum Gasteiger partial charge on any atom is 0.235 e. The van der Waals surface area contributed by atoms with Gasteiger partial charge in [0.15, 0.2) is 11.6 Å². The lowest BCUT2D eigenvalue weighted by atomic mass is 10.3. The Hall–Kier alpha value is -1.22. The summed E-state index contributed by atoms with van der Waals surface area (Å²) in [4.78, 5) is 26.7. The van der Waals surface area contributed by atoms with Crippen molar-refractivity contribution in [1.29, 1.82) is 0 Å². The minimum Gasteiger partial charge on any atom is -0.330 e.